The van der Waals surface area contributed by atoms with Gasteiger partial charge in [0.2, 0.25) is 0 Å². The summed E-state index contributed by atoms with van der Waals surface area (Å²) < 4.78 is 1.55. The predicted molar refractivity (Wildman–Crippen MR) is 112 cm³/mol. The summed E-state index contributed by atoms with van der Waals surface area (Å²) in [6, 6.07) is 4.42. The molecule has 6 heteroatoms. The fourth-order valence-corrected chi connectivity index (χ4v) is 5.29. The molecule has 0 amide bonds. The average molecular weight is 389 g/mol. The molecule has 0 aromatic carbocycles. The van der Waals surface area contributed by atoms with Crippen LogP contribution in [0.5, 0.6) is 0 Å². The summed E-state index contributed by atoms with van der Waals surface area (Å²) in [5, 5.41) is 18.8. The van der Waals surface area contributed by atoms with Crippen LogP contribution >= 0.6 is 0 Å². The van der Waals surface area contributed by atoms with Gasteiger partial charge in [-0.1, -0.05) is 6.92 Å². The largest absolute Gasteiger partial charge is 0.391 e. The standard InChI is InChI=1S/C22H36N4O2/c1-16-8-10-17(11-9-16)23-15-18-5-2-3-14-25(18)21-12-13-22(28)26(24-21)19-6-4-7-20(19)27/h12-13,16-20,23,27H,2-11,14-15H2,1H3. The van der Waals surface area contributed by atoms with Gasteiger partial charge in [0.15, 0.2) is 0 Å². The fourth-order valence-electron chi connectivity index (χ4n) is 5.29. The SMILES string of the molecule is CC1CCC(NCC2CCCCN2c2ccc(=O)n(C3CCCC3O)n2)CC1. The van der Waals surface area contributed by atoms with Gasteiger partial charge in [0, 0.05) is 31.2 Å². The Bertz CT molecular complexity index is 698. The molecule has 4 rings (SSSR count). The van der Waals surface area contributed by atoms with Crippen molar-refractivity contribution < 1.29 is 5.11 Å². The minimum absolute atomic E-state index is 0.0993. The van der Waals surface area contributed by atoms with E-state index in [0.29, 0.717) is 12.1 Å². The van der Waals surface area contributed by atoms with Crippen molar-refractivity contribution in [2.45, 2.75) is 95.4 Å². The van der Waals surface area contributed by atoms with Crippen molar-refractivity contribution in [2.24, 2.45) is 5.92 Å². The predicted octanol–water partition coefficient (Wildman–Crippen LogP) is 2.86. The van der Waals surface area contributed by atoms with Crippen LogP contribution in [0.25, 0.3) is 0 Å². The fraction of sp³-hybridized carbons (Fsp3) is 0.818. The van der Waals surface area contributed by atoms with Gasteiger partial charge in [-0.2, -0.15) is 5.10 Å². The highest BCUT2D eigenvalue weighted by Gasteiger charge is 2.30. The third-order valence-electron chi connectivity index (χ3n) is 7.15. The van der Waals surface area contributed by atoms with Gasteiger partial charge in [-0.25, -0.2) is 4.68 Å². The second kappa shape index (κ2) is 8.95. The van der Waals surface area contributed by atoms with E-state index in [2.05, 4.69) is 17.1 Å². The summed E-state index contributed by atoms with van der Waals surface area (Å²) in [5.41, 5.74) is -0.0993. The lowest BCUT2D eigenvalue weighted by molar-refractivity contribution is 0.127. The first kappa shape index (κ1) is 19.9. The summed E-state index contributed by atoms with van der Waals surface area (Å²) >= 11 is 0. The summed E-state index contributed by atoms with van der Waals surface area (Å²) in [6.45, 7) is 4.35. The summed E-state index contributed by atoms with van der Waals surface area (Å²) in [4.78, 5) is 14.8. The van der Waals surface area contributed by atoms with Crippen LogP contribution in [0.1, 0.15) is 77.2 Å². The average Bonchev–Trinajstić information content (AvgIpc) is 3.14. The van der Waals surface area contributed by atoms with E-state index < -0.39 is 6.10 Å². The molecule has 0 bridgehead atoms. The van der Waals surface area contributed by atoms with Gasteiger partial charge in [-0.15, -0.1) is 0 Å². The first-order valence-electron chi connectivity index (χ1n) is 11.4. The Kier molecular flexibility index (Phi) is 6.36. The zero-order valence-electron chi connectivity index (χ0n) is 17.2. The molecule has 3 unspecified atom stereocenters. The van der Waals surface area contributed by atoms with Crippen molar-refractivity contribution >= 4 is 5.82 Å². The third-order valence-corrected chi connectivity index (χ3v) is 7.15. The van der Waals surface area contributed by atoms with Crippen molar-refractivity contribution in [2.75, 3.05) is 18.0 Å². The molecule has 1 aromatic rings. The van der Waals surface area contributed by atoms with E-state index in [1.165, 1.54) is 44.9 Å². The van der Waals surface area contributed by atoms with Crippen molar-refractivity contribution in [3.8, 4) is 0 Å². The van der Waals surface area contributed by atoms with E-state index in [1.807, 2.05) is 6.07 Å². The quantitative estimate of drug-likeness (QED) is 0.812. The van der Waals surface area contributed by atoms with Crippen LogP contribution in [0, 0.1) is 5.92 Å². The van der Waals surface area contributed by atoms with E-state index in [1.54, 1.807) is 10.7 Å². The van der Waals surface area contributed by atoms with Crippen LogP contribution in [-0.2, 0) is 0 Å². The molecule has 2 saturated carbocycles. The minimum atomic E-state index is -0.451. The highest BCUT2D eigenvalue weighted by Crippen LogP contribution is 2.30. The molecule has 1 saturated heterocycles. The van der Waals surface area contributed by atoms with E-state index in [4.69, 9.17) is 5.10 Å². The van der Waals surface area contributed by atoms with Crippen LogP contribution in [0.2, 0.25) is 0 Å². The summed E-state index contributed by atoms with van der Waals surface area (Å²) in [7, 11) is 0. The van der Waals surface area contributed by atoms with Gasteiger partial charge in [0.05, 0.1) is 12.1 Å². The highest BCUT2D eigenvalue weighted by atomic mass is 16.3. The Balaban J connectivity index is 1.46. The van der Waals surface area contributed by atoms with Crippen LogP contribution < -0.4 is 15.8 Å². The Labute approximate surface area is 168 Å². The van der Waals surface area contributed by atoms with Crippen LogP contribution in [-0.4, -0.2) is 46.2 Å². The zero-order chi connectivity index (χ0) is 19.5. The maximum atomic E-state index is 12.4. The Hall–Kier alpha value is -1.40. The zero-order valence-corrected chi connectivity index (χ0v) is 17.2. The molecule has 1 aliphatic heterocycles. The molecule has 0 radical (unpaired) electrons. The molecule has 28 heavy (non-hydrogen) atoms. The maximum Gasteiger partial charge on any atom is 0.267 e. The van der Waals surface area contributed by atoms with Gasteiger partial charge in [0.1, 0.15) is 5.82 Å². The van der Waals surface area contributed by atoms with Crippen molar-refractivity contribution in [3.63, 3.8) is 0 Å². The first-order chi connectivity index (χ1) is 13.6. The lowest BCUT2D eigenvalue weighted by Crippen LogP contribution is -2.49. The van der Waals surface area contributed by atoms with Gasteiger partial charge in [0.25, 0.3) is 5.56 Å². The van der Waals surface area contributed by atoms with Gasteiger partial charge in [-0.3, -0.25) is 4.79 Å². The molecule has 0 spiro atoms. The molecule has 2 aliphatic carbocycles. The number of aliphatic hydroxyl groups is 1. The molecule has 1 aromatic heterocycles. The molecular formula is C22H36N4O2. The third kappa shape index (κ3) is 4.43. The van der Waals surface area contributed by atoms with Crippen molar-refractivity contribution in [3.05, 3.63) is 22.5 Å². The lowest BCUT2D eigenvalue weighted by atomic mass is 9.87. The van der Waals surface area contributed by atoms with Crippen LogP contribution in [0.4, 0.5) is 5.82 Å². The maximum absolute atomic E-state index is 12.4. The highest BCUT2D eigenvalue weighted by molar-refractivity contribution is 5.39. The Morgan fingerprint density at radius 2 is 1.89 bits per heavy atom. The molecule has 2 N–H and O–H groups in total. The van der Waals surface area contributed by atoms with Gasteiger partial charge in [-0.05, 0) is 76.2 Å². The number of nitrogens with zero attached hydrogens (tertiary/aromatic N) is 3. The Morgan fingerprint density at radius 3 is 2.64 bits per heavy atom. The van der Waals surface area contributed by atoms with E-state index >= 15 is 0 Å². The number of hydrogen-bond acceptors (Lipinski definition) is 5. The topological polar surface area (TPSA) is 70.4 Å². The molecule has 3 aliphatic rings. The van der Waals surface area contributed by atoms with Gasteiger partial charge < -0.3 is 15.3 Å². The van der Waals surface area contributed by atoms with Crippen LogP contribution in [0.15, 0.2) is 16.9 Å². The van der Waals surface area contributed by atoms with Crippen LogP contribution in [0.3, 0.4) is 0 Å². The summed E-state index contributed by atoms with van der Waals surface area (Å²) in [6.07, 6.45) is 11.0. The number of rotatable bonds is 5. The van der Waals surface area contributed by atoms with E-state index in [9.17, 15) is 9.90 Å². The molecule has 6 nitrogen and oxygen atoms in total. The second-order valence-electron chi connectivity index (χ2n) is 9.25. The molecule has 156 valence electrons. The molecule has 3 atom stereocenters. The summed E-state index contributed by atoms with van der Waals surface area (Å²) in [5.74, 6) is 1.77. The number of nitrogens with one attached hydrogen (secondary N) is 1. The molecule has 3 fully saturated rings. The lowest BCUT2D eigenvalue weighted by Gasteiger charge is -2.38. The second-order valence-corrected chi connectivity index (χ2v) is 9.25. The van der Waals surface area contributed by atoms with Crippen molar-refractivity contribution in [1.29, 1.82) is 0 Å². The van der Waals surface area contributed by atoms with Gasteiger partial charge >= 0.3 is 0 Å². The van der Waals surface area contributed by atoms with E-state index in [-0.39, 0.29) is 11.6 Å². The first-order valence-corrected chi connectivity index (χ1v) is 11.4. The number of hydrogen-bond donors (Lipinski definition) is 2. The van der Waals surface area contributed by atoms with E-state index in [0.717, 1.165) is 44.1 Å². The Morgan fingerprint density at radius 1 is 1.07 bits per heavy atom. The number of aliphatic hydroxyl groups excluding tert-OH is 1. The molecular weight excluding hydrogens is 352 g/mol. The smallest absolute Gasteiger partial charge is 0.267 e. The number of piperidine rings is 1. The number of anilines is 1. The molecule has 2 heterocycles. The monoisotopic (exact) mass is 388 g/mol. The normalized spacial score (nSPS) is 33.9. The van der Waals surface area contributed by atoms with Crippen molar-refractivity contribution in [1.82, 2.24) is 15.1 Å². The number of aromatic nitrogens is 2. The minimum Gasteiger partial charge on any atom is -0.391 e.